The van der Waals surface area contributed by atoms with Crippen LogP contribution in [-0.4, -0.2) is 64.6 Å². The van der Waals surface area contributed by atoms with E-state index in [2.05, 4.69) is 49.4 Å². The summed E-state index contributed by atoms with van der Waals surface area (Å²) in [6.45, 7) is 4.39. The summed E-state index contributed by atoms with van der Waals surface area (Å²) in [5, 5.41) is 7.23. The number of aromatic nitrogens is 3. The molecule has 0 saturated carbocycles. The first kappa shape index (κ1) is 24.3. The number of aryl methyl sites for hydroxylation is 1. The predicted octanol–water partition coefficient (Wildman–Crippen LogP) is 4.01. The predicted molar refractivity (Wildman–Crippen MR) is 141 cm³/mol. The Morgan fingerprint density at radius 1 is 1.26 bits per heavy atom. The number of benzene rings is 1. The zero-order chi connectivity index (χ0) is 24.5. The zero-order valence-corrected chi connectivity index (χ0v) is 20.3. The van der Waals surface area contributed by atoms with Gasteiger partial charge in [-0.3, -0.25) is 9.67 Å². The van der Waals surface area contributed by atoms with Crippen LogP contribution in [-0.2, 0) is 6.54 Å². The Morgan fingerprint density at radius 2 is 2.06 bits per heavy atom. The second-order valence-corrected chi connectivity index (χ2v) is 8.96. The lowest BCUT2D eigenvalue weighted by molar-refractivity contribution is 0.207. The molecule has 0 radical (unpaired) electrons. The maximum Gasteiger partial charge on any atom is 0.321 e. The first-order valence-corrected chi connectivity index (χ1v) is 12.2. The molecule has 0 bridgehead atoms. The van der Waals surface area contributed by atoms with Gasteiger partial charge in [-0.05, 0) is 74.1 Å². The Labute approximate surface area is 207 Å². The van der Waals surface area contributed by atoms with Gasteiger partial charge >= 0.3 is 6.03 Å². The van der Waals surface area contributed by atoms with Crippen molar-refractivity contribution in [3.8, 4) is 12.3 Å². The first-order valence-electron chi connectivity index (χ1n) is 12.2. The minimum absolute atomic E-state index is 0.0530. The maximum absolute atomic E-state index is 12.8. The van der Waals surface area contributed by atoms with E-state index in [1.54, 1.807) is 25.8 Å². The molecule has 0 spiro atoms. The van der Waals surface area contributed by atoms with Gasteiger partial charge in [-0.1, -0.05) is 11.5 Å². The Hall–Kier alpha value is -3.86. The highest BCUT2D eigenvalue weighted by atomic mass is 16.2. The molecule has 2 amide bonds. The van der Waals surface area contributed by atoms with Crippen molar-refractivity contribution in [2.45, 2.75) is 32.2 Å². The zero-order valence-electron chi connectivity index (χ0n) is 20.3. The van der Waals surface area contributed by atoms with Crippen molar-refractivity contribution < 1.29 is 4.79 Å². The summed E-state index contributed by atoms with van der Waals surface area (Å²) in [7, 11) is 1.75. The number of allylic oxidation sites excluding steroid dienone is 3. The molecule has 182 valence electrons. The molecule has 0 aliphatic carbocycles. The number of nitrogens with zero attached hydrogens (tertiary/aromatic N) is 6. The molecule has 2 saturated heterocycles. The number of piperidine rings is 1. The van der Waals surface area contributed by atoms with E-state index in [1.165, 1.54) is 17.7 Å². The number of anilines is 2. The van der Waals surface area contributed by atoms with Crippen molar-refractivity contribution in [2.75, 3.05) is 43.4 Å². The molecule has 1 aromatic heterocycles. The van der Waals surface area contributed by atoms with Crippen molar-refractivity contribution in [2.24, 2.45) is 10.9 Å². The molecule has 2 aliphatic rings. The number of nitrogens with one attached hydrogen (secondary N) is 1. The van der Waals surface area contributed by atoms with Crippen molar-refractivity contribution in [1.29, 1.82) is 0 Å². The smallest absolute Gasteiger partial charge is 0.321 e. The van der Waals surface area contributed by atoms with E-state index < -0.39 is 0 Å². The lowest BCUT2D eigenvalue weighted by atomic mass is 10.0. The summed E-state index contributed by atoms with van der Waals surface area (Å²) in [5.74, 6) is 3.14. The molecule has 35 heavy (non-hydrogen) atoms. The van der Waals surface area contributed by atoms with Crippen LogP contribution in [0.15, 0.2) is 65.7 Å². The Morgan fingerprint density at radius 3 is 2.74 bits per heavy atom. The molecule has 1 atom stereocenters. The summed E-state index contributed by atoms with van der Waals surface area (Å²) in [5.41, 5.74) is 4.16. The van der Waals surface area contributed by atoms with Crippen LogP contribution in [0.1, 0.15) is 25.7 Å². The Balaban J connectivity index is 1.23. The quantitative estimate of drug-likeness (QED) is 0.489. The summed E-state index contributed by atoms with van der Waals surface area (Å²) in [4.78, 5) is 25.3. The number of carbonyl (C=O) groups excluding carboxylic acids is 1. The van der Waals surface area contributed by atoms with E-state index in [0.717, 1.165) is 50.3 Å². The molecule has 1 aromatic carbocycles. The van der Waals surface area contributed by atoms with E-state index in [1.807, 2.05) is 27.8 Å². The lowest BCUT2D eigenvalue weighted by Gasteiger charge is -2.28. The van der Waals surface area contributed by atoms with E-state index >= 15 is 0 Å². The SMILES string of the molecule is C#C/C=C\C(C=C1CCN(C(=O)Nc2ccc(N3CCC(CCn4cncn4)C3)cc2)CC1)=NC. The number of hydrogen-bond acceptors (Lipinski definition) is 5. The van der Waals surface area contributed by atoms with Gasteiger partial charge in [-0.25, -0.2) is 9.78 Å². The van der Waals surface area contributed by atoms with Crippen molar-refractivity contribution in [3.63, 3.8) is 0 Å². The van der Waals surface area contributed by atoms with Crippen LogP contribution in [0, 0.1) is 18.3 Å². The van der Waals surface area contributed by atoms with E-state index in [0.29, 0.717) is 19.0 Å². The van der Waals surface area contributed by atoms with E-state index in [-0.39, 0.29) is 6.03 Å². The fourth-order valence-electron chi connectivity index (χ4n) is 4.60. The number of carbonyl (C=O) groups is 1. The van der Waals surface area contributed by atoms with Gasteiger partial charge in [-0.15, -0.1) is 6.42 Å². The second kappa shape index (κ2) is 12.0. The Bertz CT molecular complexity index is 1100. The minimum Gasteiger partial charge on any atom is -0.371 e. The molecule has 8 nitrogen and oxygen atoms in total. The monoisotopic (exact) mass is 471 g/mol. The number of terminal acetylenes is 1. The van der Waals surface area contributed by atoms with Crippen LogP contribution < -0.4 is 10.2 Å². The first-order chi connectivity index (χ1) is 17.1. The molecule has 4 rings (SSSR count). The van der Waals surface area contributed by atoms with Gasteiger partial charge in [0.1, 0.15) is 12.7 Å². The van der Waals surface area contributed by atoms with Gasteiger partial charge in [0, 0.05) is 51.1 Å². The van der Waals surface area contributed by atoms with Crippen molar-refractivity contribution >= 4 is 23.1 Å². The van der Waals surface area contributed by atoms with Crippen LogP contribution in [0.5, 0.6) is 0 Å². The molecular weight excluding hydrogens is 438 g/mol. The van der Waals surface area contributed by atoms with Gasteiger partial charge < -0.3 is 15.1 Å². The molecule has 2 aliphatic heterocycles. The highest BCUT2D eigenvalue weighted by molar-refractivity contribution is 6.04. The van der Waals surface area contributed by atoms with Crippen molar-refractivity contribution in [3.05, 3.63) is 60.7 Å². The number of amides is 2. The largest absolute Gasteiger partial charge is 0.371 e. The third kappa shape index (κ3) is 6.82. The van der Waals surface area contributed by atoms with Crippen LogP contribution >= 0.6 is 0 Å². The second-order valence-electron chi connectivity index (χ2n) is 8.96. The van der Waals surface area contributed by atoms with Crippen LogP contribution in [0.2, 0.25) is 0 Å². The summed E-state index contributed by atoms with van der Waals surface area (Å²) < 4.78 is 1.90. The molecule has 1 unspecified atom stereocenters. The number of urea groups is 1. The average Bonchev–Trinajstić information content (AvgIpc) is 3.58. The van der Waals surface area contributed by atoms with E-state index in [4.69, 9.17) is 6.42 Å². The lowest BCUT2D eigenvalue weighted by Crippen LogP contribution is -2.39. The summed E-state index contributed by atoms with van der Waals surface area (Å²) in [6, 6.07) is 8.13. The fourth-order valence-corrected chi connectivity index (χ4v) is 4.60. The summed E-state index contributed by atoms with van der Waals surface area (Å²) >= 11 is 0. The third-order valence-corrected chi connectivity index (χ3v) is 6.66. The standard InChI is InChI=1S/C27H33N7O/c1-3-4-5-25(28-2)18-22-10-14-32(15-11-22)27(35)31-24-6-8-26(9-7-24)33-16-12-23(19-33)13-17-34-21-29-20-30-34/h1,4-9,18,20-21,23H,10-17,19H2,2H3,(H,31,35)/b5-4-,28-25?. The molecule has 8 heteroatoms. The minimum atomic E-state index is -0.0530. The van der Waals surface area contributed by atoms with Gasteiger partial charge in [0.05, 0.1) is 5.71 Å². The molecular formula is C27H33N7O. The molecule has 2 fully saturated rings. The fraction of sp³-hybridized carbons (Fsp3) is 0.407. The van der Waals surface area contributed by atoms with Gasteiger partial charge in [0.2, 0.25) is 0 Å². The number of aliphatic imine (C=N–C) groups is 1. The molecule has 3 heterocycles. The third-order valence-electron chi connectivity index (χ3n) is 6.66. The van der Waals surface area contributed by atoms with Crippen LogP contribution in [0.3, 0.4) is 0 Å². The molecule has 2 aromatic rings. The van der Waals surface area contributed by atoms with Gasteiger partial charge in [-0.2, -0.15) is 5.10 Å². The van der Waals surface area contributed by atoms with Crippen LogP contribution in [0.25, 0.3) is 0 Å². The van der Waals surface area contributed by atoms with E-state index in [9.17, 15) is 4.79 Å². The van der Waals surface area contributed by atoms with Crippen LogP contribution in [0.4, 0.5) is 16.2 Å². The summed E-state index contributed by atoms with van der Waals surface area (Å²) in [6.07, 6.45) is 18.1. The normalized spacial score (nSPS) is 18.7. The highest BCUT2D eigenvalue weighted by Crippen LogP contribution is 2.27. The van der Waals surface area contributed by atoms with Gasteiger partial charge in [0.25, 0.3) is 0 Å². The highest BCUT2D eigenvalue weighted by Gasteiger charge is 2.23. The Kier molecular flexibility index (Phi) is 8.34. The molecule has 1 N–H and O–H groups in total. The number of rotatable bonds is 7. The topological polar surface area (TPSA) is 78.7 Å². The maximum atomic E-state index is 12.8. The number of hydrogen-bond donors (Lipinski definition) is 1. The van der Waals surface area contributed by atoms with Crippen molar-refractivity contribution in [1.82, 2.24) is 19.7 Å². The van der Waals surface area contributed by atoms with Gasteiger partial charge in [0.15, 0.2) is 0 Å². The average molecular weight is 472 g/mol. The number of likely N-dealkylation sites (tertiary alicyclic amines) is 1.